The summed E-state index contributed by atoms with van der Waals surface area (Å²) in [5.74, 6) is -0.400. The Balaban J connectivity index is 1.56. The first-order valence-corrected chi connectivity index (χ1v) is 14.7. The molecule has 0 radical (unpaired) electrons. The van der Waals surface area contributed by atoms with Gasteiger partial charge in [0.15, 0.2) is 6.34 Å². The van der Waals surface area contributed by atoms with E-state index in [0.29, 0.717) is 6.42 Å². The summed E-state index contributed by atoms with van der Waals surface area (Å²) in [7, 11) is -0.261. The van der Waals surface area contributed by atoms with E-state index in [1.165, 1.54) is 17.5 Å². The van der Waals surface area contributed by atoms with Crippen LogP contribution in [0.3, 0.4) is 0 Å². The highest BCUT2D eigenvalue weighted by atomic mass is 32.2. The summed E-state index contributed by atoms with van der Waals surface area (Å²) < 4.78 is 29.1. The van der Waals surface area contributed by atoms with Crippen LogP contribution in [0.4, 0.5) is 0 Å². The zero-order valence-electron chi connectivity index (χ0n) is 23.0. The zero-order chi connectivity index (χ0) is 27.8. The lowest BCUT2D eigenvalue weighted by Gasteiger charge is -2.21. The van der Waals surface area contributed by atoms with Gasteiger partial charge in [-0.3, -0.25) is 0 Å². The second kappa shape index (κ2) is 10.4. The molecule has 4 aromatic rings. The first-order chi connectivity index (χ1) is 18.5. The minimum absolute atomic E-state index is 0.0608. The predicted octanol–water partition coefficient (Wildman–Crippen LogP) is 5.59. The molecular formula is C31H34N5O2S+. The average molecular weight is 541 g/mol. The predicted molar refractivity (Wildman–Crippen MR) is 158 cm³/mol. The number of aromatic nitrogens is 2. The van der Waals surface area contributed by atoms with Gasteiger partial charge in [0.25, 0.3) is 0 Å². The Labute approximate surface area is 230 Å². The van der Waals surface area contributed by atoms with Crippen LogP contribution < -0.4 is 0 Å². The molecule has 0 spiro atoms. The monoisotopic (exact) mass is 540 g/mol. The number of hydrogen-bond donors (Lipinski definition) is 0. The standard InChI is InChI=1S/C31H34N5O2S/c1-22-9-13-25(14-10-22)30-19-28(34-35(30)29-15-11-23(2)12-16-29)18-27(26-8-6-7-24(3)17-26)20-39(37,38)31-32-21-33-36(31,4)5/h6-17,19,21,27H,18,20H2,1-5H3/q+1. The Bertz CT molecular complexity index is 1600. The van der Waals surface area contributed by atoms with Crippen LogP contribution in [-0.2, 0) is 16.3 Å². The highest BCUT2D eigenvalue weighted by Gasteiger charge is 2.41. The SMILES string of the molecule is Cc1ccc(-c2cc(CC(CS(=O)(=O)C3=NC=N[N+]3(C)C)c3cccc(C)c3)nn2-c2ccc(C)cc2)cc1. The van der Waals surface area contributed by atoms with Gasteiger partial charge in [0.1, 0.15) is 0 Å². The summed E-state index contributed by atoms with van der Waals surface area (Å²) in [4.78, 5) is 4.13. The van der Waals surface area contributed by atoms with E-state index in [4.69, 9.17) is 5.10 Å². The van der Waals surface area contributed by atoms with E-state index in [2.05, 4.69) is 84.6 Å². The third-order valence-corrected chi connectivity index (χ3v) is 8.98. The third-order valence-electron chi connectivity index (χ3n) is 7.03. The maximum absolute atomic E-state index is 13.6. The van der Waals surface area contributed by atoms with Gasteiger partial charge in [0.05, 0.1) is 36.9 Å². The van der Waals surface area contributed by atoms with Crippen LogP contribution in [0.1, 0.15) is 33.9 Å². The van der Waals surface area contributed by atoms with Crippen molar-refractivity contribution in [2.75, 3.05) is 19.8 Å². The Kier molecular flexibility index (Phi) is 7.09. The lowest BCUT2D eigenvalue weighted by molar-refractivity contribution is -0.799. The number of aliphatic imine (C=N–C) groups is 1. The normalized spacial score (nSPS) is 15.4. The minimum atomic E-state index is -3.70. The van der Waals surface area contributed by atoms with Gasteiger partial charge in [-0.05, 0) is 51.0 Å². The number of aryl methyl sites for hydroxylation is 3. The van der Waals surface area contributed by atoms with Gasteiger partial charge >= 0.3 is 5.17 Å². The van der Waals surface area contributed by atoms with Gasteiger partial charge in [-0.1, -0.05) is 82.5 Å². The molecule has 0 amide bonds. The van der Waals surface area contributed by atoms with Gasteiger partial charge in [-0.2, -0.15) is 10.1 Å². The van der Waals surface area contributed by atoms with Crippen LogP contribution in [0.5, 0.6) is 0 Å². The molecular weight excluding hydrogens is 506 g/mol. The third kappa shape index (κ3) is 5.77. The molecule has 0 bridgehead atoms. The summed E-state index contributed by atoms with van der Waals surface area (Å²) in [6.07, 6.45) is 1.79. The fraction of sp³-hybridized carbons (Fsp3) is 0.258. The van der Waals surface area contributed by atoms with E-state index in [-0.39, 0.29) is 21.4 Å². The number of rotatable bonds is 7. The van der Waals surface area contributed by atoms with E-state index in [9.17, 15) is 8.42 Å². The van der Waals surface area contributed by atoms with Crippen molar-refractivity contribution in [3.63, 3.8) is 0 Å². The largest absolute Gasteiger partial charge is 0.349 e. The number of nitrogens with zero attached hydrogens (tertiary/aromatic N) is 5. The molecule has 1 aliphatic rings. The van der Waals surface area contributed by atoms with Crippen molar-refractivity contribution in [1.82, 2.24) is 9.78 Å². The van der Waals surface area contributed by atoms with Crippen molar-refractivity contribution in [2.45, 2.75) is 33.1 Å². The Morgan fingerprint density at radius 3 is 2.13 bits per heavy atom. The fourth-order valence-corrected chi connectivity index (χ4v) is 6.87. The molecule has 1 unspecified atom stereocenters. The number of benzene rings is 3. The van der Waals surface area contributed by atoms with Crippen LogP contribution in [0.25, 0.3) is 16.9 Å². The number of quaternary nitrogens is 1. The maximum Gasteiger partial charge on any atom is 0.349 e. The van der Waals surface area contributed by atoms with Crippen LogP contribution in [0.2, 0.25) is 0 Å². The van der Waals surface area contributed by atoms with Gasteiger partial charge in [0.2, 0.25) is 9.84 Å². The molecule has 0 saturated heterocycles. The Morgan fingerprint density at radius 2 is 1.51 bits per heavy atom. The molecule has 0 aliphatic carbocycles. The van der Waals surface area contributed by atoms with E-state index in [0.717, 1.165) is 33.8 Å². The first kappa shape index (κ1) is 26.7. The summed E-state index contributed by atoms with van der Waals surface area (Å²) in [6.45, 7) is 6.15. The van der Waals surface area contributed by atoms with E-state index < -0.39 is 9.84 Å². The molecule has 1 aromatic heterocycles. The highest BCUT2D eigenvalue weighted by molar-refractivity contribution is 8.05. The lowest BCUT2D eigenvalue weighted by atomic mass is 9.94. The van der Waals surface area contributed by atoms with Crippen LogP contribution >= 0.6 is 0 Å². The van der Waals surface area contributed by atoms with Crippen molar-refractivity contribution in [3.05, 3.63) is 107 Å². The van der Waals surface area contributed by atoms with Gasteiger partial charge in [0, 0.05) is 11.5 Å². The summed E-state index contributed by atoms with van der Waals surface area (Å²) in [5, 5.41) is 9.28. The molecule has 0 fully saturated rings. The number of hydrogen-bond acceptors (Lipinski definition) is 5. The van der Waals surface area contributed by atoms with Gasteiger partial charge < -0.3 is 0 Å². The average Bonchev–Trinajstić information content (AvgIpc) is 3.47. The number of sulfone groups is 1. The molecule has 0 saturated carbocycles. The number of amidine groups is 1. The van der Waals surface area contributed by atoms with Crippen LogP contribution in [0, 0.1) is 20.8 Å². The fourth-order valence-electron chi connectivity index (χ4n) is 4.95. The highest BCUT2D eigenvalue weighted by Crippen LogP contribution is 2.30. The quantitative estimate of drug-likeness (QED) is 0.287. The molecule has 8 heteroatoms. The molecule has 5 rings (SSSR count). The first-order valence-electron chi connectivity index (χ1n) is 13.0. The molecule has 0 N–H and O–H groups in total. The maximum atomic E-state index is 13.6. The molecule has 3 aromatic carbocycles. The lowest BCUT2D eigenvalue weighted by Crippen LogP contribution is -2.44. The van der Waals surface area contributed by atoms with Crippen LogP contribution in [-0.4, -0.2) is 54.1 Å². The Hall–Kier alpha value is -3.88. The van der Waals surface area contributed by atoms with Crippen molar-refractivity contribution in [3.8, 4) is 16.9 Å². The summed E-state index contributed by atoms with van der Waals surface area (Å²) in [5.41, 5.74) is 8.20. The second-order valence-electron chi connectivity index (χ2n) is 10.8. The molecule has 7 nitrogen and oxygen atoms in total. The van der Waals surface area contributed by atoms with Crippen LogP contribution in [0.15, 0.2) is 89.0 Å². The second-order valence-corrected chi connectivity index (χ2v) is 12.7. The van der Waals surface area contributed by atoms with Gasteiger partial charge in [-0.15, -0.1) is 4.59 Å². The van der Waals surface area contributed by atoms with E-state index >= 15 is 0 Å². The van der Waals surface area contributed by atoms with Crippen molar-refractivity contribution in [2.24, 2.45) is 10.1 Å². The minimum Gasteiger partial charge on any atom is -0.233 e. The van der Waals surface area contributed by atoms with E-state index in [1.54, 1.807) is 14.1 Å². The van der Waals surface area contributed by atoms with Crippen molar-refractivity contribution >= 4 is 21.3 Å². The summed E-state index contributed by atoms with van der Waals surface area (Å²) >= 11 is 0. The molecule has 200 valence electrons. The molecule has 39 heavy (non-hydrogen) atoms. The smallest absolute Gasteiger partial charge is 0.233 e. The summed E-state index contributed by atoms with van der Waals surface area (Å²) in [6, 6.07) is 26.8. The molecule has 2 heterocycles. The van der Waals surface area contributed by atoms with Gasteiger partial charge in [-0.25, -0.2) is 13.1 Å². The topological polar surface area (TPSA) is 76.7 Å². The van der Waals surface area contributed by atoms with Crippen molar-refractivity contribution in [1.29, 1.82) is 0 Å². The zero-order valence-corrected chi connectivity index (χ0v) is 23.9. The molecule has 1 atom stereocenters. The molecule has 1 aliphatic heterocycles. The van der Waals surface area contributed by atoms with Crippen molar-refractivity contribution < 1.29 is 13.0 Å². The Morgan fingerprint density at radius 1 is 0.846 bits per heavy atom. The van der Waals surface area contributed by atoms with E-state index in [1.807, 2.05) is 29.8 Å².